The minimum atomic E-state index is -4.44. The molecule has 0 amide bonds. The molecule has 0 spiro atoms. The summed E-state index contributed by atoms with van der Waals surface area (Å²) in [6, 6.07) is 2.97. The van der Waals surface area contributed by atoms with Crippen molar-refractivity contribution in [2.45, 2.75) is 12.3 Å². The van der Waals surface area contributed by atoms with Gasteiger partial charge in [0.05, 0.1) is 42.2 Å². The first kappa shape index (κ1) is 18.0. The van der Waals surface area contributed by atoms with Crippen molar-refractivity contribution in [1.82, 2.24) is 0 Å². The van der Waals surface area contributed by atoms with E-state index in [9.17, 15) is 18.3 Å². The van der Waals surface area contributed by atoms with E-state index < -0.39 is 17.8 Å². The van der Waals surface area contributed by atoms with E-state index in [0.717, 1.165) is 18.2 Å². The topological polar surface area (TPSA) is 50.7 Å². The molecule has 4 nitrogen and oxygen atoms in total. The number of alkyl halides is 3. The van der Waals surface area contributed by atoms with E-state index in [1.54, 1.807) is 0 Å². The molecule has 0 aliphatic heterocycles. The van der Waals surface area contributed by atoms with Gasteiger partial charge in [0, 0.05) is 13.7 Å². The van der Waals surface area contributed by atoms with Gasteiger partial charge in [-0.15, -0.1) is 0 Å². The number of benzene rings is 1. The van der Waals surface area contributed by atoms with Crippen molar-refractivity contribution in [2.75, 3.05) is 38.8 Å². The molecule has 21 heavy (non-hydrogen) atoms. The fraction of sp³-hybridized carbons (Fsp3) is 0.538. The summed E-state index contributed by atoms with van der Waals surface area (Å²) in [5, 5.41) is 12.5. The predicted octanol–water partition coefficient (Wildman–Crippen LogP) is 2.79. The molecule has 1 rings (SSSR count). The smallest absolute Gasteiger partial charge is 0.389 e. The Morgan fingerprint density at radius 2 is 2.05 bits per heavy atom. The summed E-state index contributed by atoms with van der Waals surface area (Å²) in [5.74, 6) is 0. The highest BCUT2D eigenvalue weighted by atomic mass is 35.5. The van der Waals surface area contributed by atoms with Gasteiger partial charge in [-0.25, -0.2) is 0 Å². The Bertz CT molecular complexity index is 443. The summed E-state index contributed by atoms with van der Waals surface area (Å²) in [6.07, 6.45) is -5.31. The highest BCUT2D eigenvalue weighted by molar-refractivity contribution is 6.33. The lowest BCUT2D eigenvalue weighted by atomic mass is 10.2. The molecular weight excluding hydrogens is 311 g/mol. The number of aliphatic hydroxyl groups is 1. The Labute approximate surface area is 125 Å². The number of anilines is 1. The molecule has 0 aliphatic rings. The van der Waals surface area contributed by atoms with Crippen molar-refractivity contribution in [2.24, 2.45) is 0 Å². The minimum absolute atomic E-state index is 0.0218. The number of halogens is 4. The Morgan fingerprint density at radius 1 is 1.33 bits per heavy atom. The average Bonchev–Trinajstić information content (AvgIpc) is 2.41. The zero-order chi connectivity index (χ0) is 15.9. The summed E-state index contributed by atoms with van der Waals surface area (Å²) < 4.78 is 47.6. The molecule has 0 saturated carbocycles. The van der Waals surface area contributed by atoms with Crippen LogP contribution in [0.25, 0.3) is 0 Å². The largest absolute Gasteiger partial charge is 0.416 e. The van der Waals surface area contributed by atoms with Gasteiger partial charge in [-0.05, 0) is 18.2 Å². The lowest BCUT2D eigenvalue weighted by Gasteiger charge is -2.15. The molecule has 0 aliphatic carbocycles. The van der Waals surface area contributed by atoms with E-state index in [1.807, 2.05) is 0 Å². The van der Waals surface area contributed by atoms with Crippen LogP contribution in [-0.4, -0.2) is 44.7 Å². The van der Waals surface area contributed by atoms with Gasteiger partial charge in [0.15, 0.2) is 0 Å². The fourth-order valence-electron chi connectivity index (χ4n) is 1.49. The van der Waals surface area contributed by atoms with Crippen LogP contribution in [0.3, 0.4) is 0 Å². The van der Waals surface area contributed by atoms with E-state index in [4.69, 9.17) is 21.1 Å². The van der Waals surface area contributed by atoms with Crippen LogP contribution in [0, 0.1) is 0 Å². The number of rotatable bonds is 8. The number of hydrogen-bond acceptors (Lipinski definition) is 4. The molecule has 1 aromatic carbocycles. The summed E-state index contributed by atoms with van der Waals surface area (Å²) in [5.41, 5.74) is -0.692. The van der Waals surface area contributed by atoms with Gasteiger partial charge in [0.2, 0.25) is 0 Å². The van der Waals surface area contributed by atoms with Crippen LogP contribution in [0.4, 0.5) is 18.9 Å². The quantitative estimate of drug-likeness (QED) is 0.721. The first-order valence-corrected chi connectivity index (χ1v) is 6.57. The Balaban J connectivity index is 2.51. The number of aliphatic hydroxyl groups excluding tert-OH is 1. The standard InChI is InChI=1S/C13H17ClF3NO3/c1-20-4-5-21-8-10(19)7-18-12-6-9(13(15,16)17)2-3-11(12)14/h2-3,6,10,18-19H,4-5,7-8H2,1H3. The number of nitrogens with one attached hydrogen (secondary N) is 1. The van der Waals surface area contributed by atoms with Crippen LogP contribution < -0.4 is 5.32 Å². The second-order valence-electron chi connectivity index (χ2n) is 4.29. The second-order valence-corrected chi connectivity index (χ2v) is 4.70. The third kappa shape index (κ3) is 6.52. The molecule has 0 bridgehead atoms. The van der Waals surface area contributed by atoms with Crippen molar-refractivity contribution in [3.63, 3.8) is 0 Å². The maximum atomic E-state index is 12.6. The van der Waals surface area contributed by atoms with Crippen LogP contribution in [0.1, 0.15) is 5.56 Å². The Hall–Kier alpha value is -1.02. The SMILES string of the molecule is COCCOCC(O)CNc1cc(C(F)(F)F)ccc1Cl. The highest BCUT2D eigenvalue weighted by Crippen LogP contribution is 2.33. The van der Waals surface area contributed by atoms with Crippen LogP contribution >= 0.6 is 11.6 Å². The normalized spacial score (nSPS) is 13.2. The summed E-state index contributed by atoms with van der Waals surface area (Å²) in [7, 11) is 1.52. The van der Waals surface area contributed by atoms with Crippen LogP contribution in [0.5, 0.6) is 0 Å². The van der Waals surface area contributed by atoms with Crippen LogP contribution in [-0.2, 0) is 15.7 Å². The molecule has 2 N–H and O–H groups in total. The van der Waals surface area contributed by atoms with Gasteiger partial charge in [0.1, 0.15) is 0 Å². The molecule has 0 saturated heterocycles. The van der Waals surface area contributed by atoms with Gasteiger partial charge < -0.3 is 19.9 Å². The zero-order valence-electron chi connectivity index (χ0n) is 11.4. The molecule has 0 heterocycles. The third-order valence-electron chi connectivity index (χ3n) is 2.56. The molecular formula is C13H17ClF3NO3. The predicted molar refractivity (Wildman–Crippen MR) is 73.6 cm³/mol. The Morgan fingerprint density at radius 3 is 2.67 bits per heavy atom. The van der Waals surface area contributed by atoms with Crippen molar-refractivity contribution in [1.29, 1.82) is 0 Å². The number of methoxy groups -OCH3 is 1. The molecule has 0 radical (unpaired) electrons. The average molecular weight is 328 g/mol. The van der Waals surface area contributed by atoms with E-state index in [1.165, 1.54) is 7.11 Å². The van der Waals surface area contributed by atoms with E-state index in [0.29, 0.717) is 13.2 Å². The first-order chi connectivity index (χ1) is 9.84. The minimum Gasteiger partial charge on any atom is -0.389 e. The fourth-order valence-corrected chi connectivity index (χ4v) is 1.67. The highest BCUT2D eigenvalue weighted by Gasteiger charge is 2.30. The maximum Gasteiger partial charge on any atom is 0.416 e. The van der Waals surface area contributed by atoms with Crippen molar-refractivity contribution in [3.8, 4) is 0 Å². The van der Waals surface area contributed by atoms with E-state index >= 15 is 0 Å². The lowest BCUT2D eigenvalue weighted by molar-refractivity contribution is -0.137. The third-order valence-corrected chi connectivity index (χ3v) is 2.89. The maximum absolute atomic E-state index is 12.6. The van der Waals surface area contributed by atoms with Gasteiger partial charge in [-0.2, -0.15) is 13.2 Å². The van der Waals surface area contributed by atoms with Crippen LogP contribution in [0.2, 0.25) is 5.02 Å². The first-order valence-electron chi connectivity index (χ1n) is 6.20. The van der Waals surface area contributed by atoms with Crippen molar-refractivity contribution in [3.05, 3.63) is 28.8 Å². The summed E-state index contributed by atoms with van der Waals surface area (Å²) >= 11 is 5.82. The molecule has 0 aromatic heterocycles. The van der Waals surface area contributed by atoms with Crippen LogP contribution in [0.15, 0.2) is 18.2 Å². The zero-order valence-corrected chi connectivity index (χ0v) is 12.2. The Kier molecular flexibility index (Phi) is 7.24. The van der Waals surface area contributed by atoms with Crippen molar-refractivity contribution < 1.29 is 27.8 Å². The van der Waals surface area contributed by atoms with Gasteiger partial charge in [0.25, 0.3) is 0 Å². The molecule has 1 atom stereocenters. The van der Waals surface area contributed by atoms with E-state index in [2.05, 4.69) is 5.32 Å². The summed E-state index contributed by atoms with van der Waals surface area (Å²) in [6.45, 7) is 0.804. The van der Waals surface area contributed by atoms with Crippen molar-refractivity contribution >= 4 is 17.3 Å². The molecule has 0 fully saturated rings. The molecule has 1 unspecified atom stereocenters. The number of ether oxygens (including phenoxy) is 2. The molecule has 120 valence electrons. The molecule has 1 aromatic rings. The number of hydrogen-bond donors (Lipinski definition) is 2. The lowest BCUT2D eigenvalue weighted by Crippen LogP contribution is -2.25. The van der Waals surface area contributed by atoms with Gasteiger partial charge in [-0.1, -0.05) is 11.6 Å². The van der Waals surface area contributed by atoms with Gasteiger partial charge in [-0.3, -0.25) is 0 Å². The monoisotopic (exact) mass is 327 g/mol. The van der Waals surface area contributed by atoms with E-state index in [-0.39, 0.29) is 23.9 Å². The van der Waals surface area contributed by atoms with Gasteiger partial charge >= 0.3 is 6.18 Å². The molecule has 8 heteroatoms. The summed E-state index contributed by atoms with van der Waals surface area (Å²) in [4.78, 5) is 0. The second kappa shape index (κ2) is 8.43.